The molecule has 1 N–H and O–H groups in total. The van der Waals surface area contributed by atoms with Crippen molar-refractivity contribution in [2.75, 3.05) is 0 Å². The minimum atomic E-state index is -4.49. The van der Waals surface area contributed by atoms with Crippen molar-refractivity contribution in [2.45, 2.75) is 19.0 Å². The summed E-state index contributed by atoms with van der Waals surface area (Å²) in [7, 11) is 0. The fraction of sp³-hybridized carbons (Fsp3) is 0.250. The zero-order chi connectivity index (χ0) is 13.8. The number of hydrogen-bond donors (Lipinski definition) is 1. The summed E-state index contributed by atoms with van der Waals surface area (Å²) in [6.07, 6.45) is -1.78. The van der Waals surface area contributed by atoms with Crippen LogP contribution in [0.15, 0.2) is 24.3 Å². The van der Waals surface area contributed by atoms with Crippen LogP contribution in [0, 0.1) is 0 Å². The van der Waals surface area contributed by atoms with Crippen molar-refractivity contribution in [1.82, 2.24) is 0 Å². The first-order valence-electron chi connectivity index (χ1n) is 5.06. The molecule has 0 radical (unpaired) electrons. The van der Waals surface area contributed by atoms with E-state index >= 15 is 0 Å². The van der Waals surface area contributed by atoms with Gasteiger partial charge in [-0.3, -0.25) is 4.79 Å². The van der Waals surface area contributed by atoms with Crippen LogP contribution in [0.4, 0.5) is 13.2 Å². The summed E-state index contributed by atoms with van der Waals surface area (Å²) in [5, 5.41) is 8.40. The van der Waals surface area contributed by atoms with Gasteiger partial charge in [-0.05, 0) is 24.1 Å². The smallest absolute Gasteiger partial charge is 0.417 e. The van der Waals surface area contributed by atoms with Gasteiger partial charge in [0.2, 0.25) is 0 Å². The number of carboxylic acids is 1. The van der Waals surface area contributed by atoms with Gasteiger partial charge in [-0.1, -0.05) is 29.8 Å². The van der Waals surface area contributed by atoms with Crippen LogP contribution in [-0.4, -0.2) is 11.1 Å². The average Bonchev–Trinajstić information content (AvgIpc) is 2.24. The highest BCUT2D eigenvalue weighted by molar-refractivity contribution is 6.30. The normalized spacial score (nSPS) is 12.0. The zero-order valence-electron chi connectivity index (χ0n) is 9.17. The van der Waals surface area contributed by atoms with E-state index in [2.05, 4.69) is 0 Å². The van der Waals surface area contributed by atoms with Gasteiger partial charge in [0.1, 0.15) is 0 Å². The maximum absolute atomic E-state index is 12.7. The first-order valence-corrected chi connectivity index (χ1v) is 5.43. The number of hydrogen-bond acceptors (Lipinski definition) is 1. The molecule has 0 aliphatic rings. The molecule has 98 valence electrons. The van der Waals surface area contributed by atoms with Crippen molar-refractivity contribution in [3.8, 4) is 0 Å². The van der Waals surface area contributed by atoms with Crippen molar-refractivity contribution < 1.29 is 23.1 Å². The fourth-order valence-electron chi connectivity index (χ4n) is 1.34. The van der Waals surface area contributed by atoms with Crippen LogP contribution in [0.1, 0.15) is 24.0 Å². The molecule has 2 nitrogen and oxygen atoms in total. The molecule has 0 atom stereocenters. The Morgan fingerprint density at radius 3 is 2.61 bits per heavy atom. The third kappa shape index (κ3) is 4.41. The van der Waals surface area contributed by atoms with Crippen LogP contribution in [0.3, 0.4) is 0 Å². The van der Waals surface area contributed by atoms with Gasteiger partial charge in [0.15, 0.2) is 0 Å². The number of carboxylic acid groups (broad SMARTS) is 1. The van der Waals surface area contributed by atoms with Gasteiger partial charge in [-0.15, -0.1) is 0 Å². The van der Waals surface area contributed by atoms with Crippen molar-refractivity contribution in [3.05, 3.63) is 40.4 Å². The minimum absolute atomic E-state index is 0.00464. The molecule has 18 heavy (non-hydrogen) atoms. The van der Waals surface area contributed by atoms with E-state index in [9.17, 15) is 18.0 Å². The third-order valence-electron chi connectivity index (χ3n) is 2.14. The number of carbonyl (C=O) groups is 1. The summed E-state index contributed by atoms with van der Waals surface area (Å²) < 4.78 is 38.0. The maximum Gasteiger partial charge on any atom is 0.417 e. The Hall–Kier alpha value is -1.49. The fourth-order valence-corrected chi connectivity index (χ4v) is 1.51. The predicted molar refractivity (Wildman–Crippen MR) is 62.4 cm³/mol. The summed E-state index contributed by atoms with van der Waals surface area (Å²) >= 11 is 5.52. The lowest BCUT2D eigenvalue weighted by Crippen LogP contribution is -2.07. The molecule has 1 aromatic carbocycles. The molecule has 0 aromatic heterocycles. The SMILES string of the molecule is O=C(O)CCC=Cc1ccc(Cl)cc1C(F)(F)F. The number of rotatable bonds is 4. The Morgan fingerprint density at radius 2 is 2.06 bits per heavy atom. The van der Waals surface area contributed by atoms with Crippen LogP contribution in [0.2, 0.25) is 5.02 Å². The van der Waals surface area contributed by atoms with Crippen molar-refractivity contribution in [2.24, 2.45) is 0 Å². The largest absolute Gasteiger partial charge is 0.481 e. The van der Waals surface area contributed by atoms with Gasteiger partial charge in [-0.2, -0.15) is 13.2 Å². The average molecular weight is 279 g/mol. The number of allylic oxidation sites excluding steroid dienone is 1. The maximum atomic E-state index is 12.7. The molecule has 0 amide bonds. The Morgan fingerprint density at radius 1 is 1.39 bits per heavy atom. The van der Waals surface area contributed by atoms with Crippen molar-refractivity contribution >= 4 is 23.6 Å². The Labute approximate surface area is 107 Å². The van der Waals surface area contributed by atoms with E-state index in [1.165, 1.54) is 24.3 Å². The molecule has 0 saturated heterocycles. The van der Waals surface area contributed by atoms with Gasteiger partial charge >= 0.3 is 12.1 Å². The monoisotopic (exact) mass is 278 g/mol. The molecule has 0 unspecified atom stereocenters. The van der Waals surface area contributed by atoms with Gasteiger partial charge in [0.05, 0.1) is 5.56 Å². The lowest BCUT2D eigenvalue weighted by Gasteiger charge is -2.10. The molecule has 0 bridgehead atoms. The Balaban J connectivity index is 2.92. The lowest BCUT2D eigenvalue weighted by atomic mass is 10.1. The first-order chi connectivity index (χ1) is 8.30. The Bertz CT molecular complexity index is 467. The summed E-state index contributed by atoms with van der Waals surface area (Å²) in [6.45, 7) is 0. The molecule has 6 heteroatoms. The highest BCUT2D eigenvalue weighted by Crippen LogP contribution is 2.34. The van der Waals surface area contributed by atoms with E-state index < -0.39 is 17.7 Å². The van der Waals surface area contributed by atoms with E-state index in [-0.39, 0.29) is 23.4 Å². The molecule has 1 aromatic rings. The zero-order valence-corrected chi connectivity index (χ0v) is 9.92. The molecule has 0 heterocycles. The van der Waals surface area contributed by atoms with Crippen LogP contribution in [0.5, 0.6) is 0 Å². The second-order valence-corrected chi connectivity index (χ2v) is 4.00. The van der Waals surface area contributed by atoms with Gasteiger partial charge in [0, 0.05) is 11.4 Å². The van der Waals surface area contributed by atoms with E-state index in [1.807, 2.05) is 0 Å². The van der Waals surface area contributed by atoms with Crippen LogP contribution < -0.4 is 0 Å². The lowest BCUT2D eigenvalue weighted by molar-refractivity contribution is -0.138. The van der Waals surface area contributed by atoms with E-state index in [1.54, 1.807) is 0 Å². The van der Waals surface area contributed by atoms with E-state index in [4.69, 9.17) is 16.7 Å². The Kier molecular flexibility index (Phi) is 4.78. The summed E-state index contributed by atoms with van der Waals surface area (Å²) in [5.74, 6) is -0.994. The summed E-state index contributed by atoms with van der Waals surface area (Å²) in [4.78, 5) is 10.3. The molecule has 1 rings (SSSR count). The second-order valence-electron chi connectivity index (χ2n) is 3.56. The minimum Gasteiger partial charge on any atom is -0.481 e. The molecule has 0 saturated carbocycles. The first kappa shape index (κ1) is 14.6. The standard InChI is InChI=1S/C12H10ClF3O2/c13-9-6-5-8(3-1-2-4-11(17)18)10(7-9)12(14,15)16/h1,3,5-7H,2,4H2,(H,17,18). The van der Waals surface area contributed by atoms with Crippen LogP contribution in [-0.2, 0) is 11.0 Å². The topological polar surface area (TPSA) is 37.3 Å². The molecule has 0 aliphatic heterocycles. The van der Waals surface area contributed by atoms with Gasteiger partial charge in [-0.25, -0.2) is 0 Å². The quantitative estimate of drug-likeness (QED) is 0.894. The second kappa shape index (κ2) is 5.91. The predicted octanol–water partition coefficient (Wildman–Crippen LogP) is 4.24. The van der Waals surface area contributed by atoms with Crippen molar-refractivity contribution in [3.63, 3.8) is 0 Å². The number of aliphatic carboxylic acids is 1. The van der Waals surface area contributed by atoms with Crippen LogP contribution >= 0.6 is 11.6 Å². The van der Waals surface area contributed by atoms with Gasteiger partial charge < -0.3 is 5.11 Å². The van der Waals surface area contributed by atoms with E-state index in [0.717, 1.165) is 6.07 Å². The molecule has 0 aliphatic carbocycles. The van der Waals surface area contributed by atoms with Gasteiger partial charge in [0.25, 0.3) is 0 Å². The summed E-state index contributed by atoms with van der Waals surface area (Å²) in [5.41, 5.74) is -0.862. The highest BCUT2D eigenvalue weighted by atomic mass is 35.5. The molecular formula is C12H10ClF3O2. The number of halogens is 4. The summed E-state index contributed by atoms with van der Waals surface area (Å²) in [6, 6.07) is 3.45. The third-order valence-corrected chi connectivity index (χ3v) is 2.38. The molecule has 0 spiro atoms. The molecular weight excluding hydrogens is 269 g/mol. The highest BCUT2D eigenvalue weighted by Gasteiger charge is 2.32. The van der Waals surface area contributed by atoms with Crippen LogP contribution in [0.25, 0.3) is 6.08 Å². The number of alkyl halides is 3. The molecule has 0 fully saturated rings. The van der Waals surface area contributed by atoms with Crippen molar-refractivity contribution in [1.29, 1.82) is 0 Å². The number of benzene rings is 1. The van der Waals surface area contributed by atoms with E-state index in [0.29, 0.717) is 0 Å².